The van der Waals surface area contributed by atoms with Crippen LogP contribution in [0.25, 0.3) is 0 Å². The smallest absolute Gasteiger partial charge is 0.336 e. The number of halogens is 2. The molecule has 0 saturated carbocycles. The fourth-order valence-corrected chi connectivity index (χ4v) is 2.77. The highest BCUT2D eigenvalue weighted by Gasteiger charge is 2.20. The number of rotatable bonds is 5. The molecule has 0 saturated heterocycles. The van der Waals surface area contributed by atoms with E-state index < -0.39 is 30.4 Å². The van der Waals surface area contributed by atoms with Gasteiger partial charge in [-0.2, -0.15) is 0 Å². The number of benzene rings is 2. The molecule has 0 radical (unpaired) electrons. The van der Waals surface area contributed by atoms with Gasteiger partial charge in [0, 0.05) is 5.69 Å². The van der Waals surface area contributed by atoms with Crippen molar-refractivity contribution in [3.05, 3.63) is 62.6 Å². The number of anilines is 1. The van der Waals surface area contributed by atoms with Gasteiger partial charge in [-0.3, -0.25) is 14.9 Å². The average molecular weight is 438 g/mol. The standard InChI is InChI=1S/C19H17Cl2N3O5/c1-9-3-4-15(10(2)5-9)23-19(29)24-16(25)8-22-17(26)11-6-13(20)14(21)7-12(11)18(27)28/h3-7H,8H2,1-2H3,(H,22,26)(H,27,28)(H2,23,24,25,29). The van der Waals surface area contributed by atoms with Gasteiger partial charge in [0.15, 0.2) is 0 Å². The van der Waals surface area contributed by atoms with Crippen LogP contribution in [0.5, 0.6) is 0 Å². The van der Waals surface area contributed by atoms with E-state index >= 15 is 0 Å². The number of aromatic carboxylic acids is 1. The minimum absolute atomic E-state index is 0.0147. The van der Waals surface area contributed by atoms with Crippen LogP contribution in [0.1, 0.15) is 31.8 Å². The molecule has 0 aromatic heterocycles. The molecule has 29 heavy (non-hydrogen) atoms. The molecule has 0 aliphatic carbocycles. The van der Waals surface area contributed by atoms with Gasteiger partial charge >= 0.3 is 12.0 Å². The van der Waals surface area contributed by atoms with Crippen LogP contribution in [0.4, 0.5) is 10.5 Å². The van der Waals surface area contributed by atoms with Gasteiger partial charge in [-0.1, -0.05) is 40.9 Å². The number of carboxylic acids is 1. The third-order valence-electron chi connectivity index (χ3n) is 3.83. The van der Waals surface area contributed by atoms with Gasteiger partial charge in [0.25, 0.3) is 5.91 Å². The van der Waals surface area contributed by atoms with Gasteiger partial charge in [0.05, 0.1) is 27.7 Å². The number of carboxylic acid groups (broad SMARTS) is 1. The summed E-state index contributed by atoms with van der Waals surface area (Å²) in [7, 11) is 0. The van der Waals surface area contributed by atoms with E-state index in [9.17, 15) is 24.3 Å². The highest BCUT2D eigenvalue weighted by atomic mass is 35.5. The molecule has 0 unspecified atom stereocenters. The zero-order chi connectivity index (χ0) is 21.7. The summed E-state index contributed by atoms with van der Waals surface area (Å²) >= 11 is 11.6. The zero-order valence-electron chi connectivity index (χ0n) is 15.4. The van der Waals surface area contributed by atoms with Gasteiger partial charge in [-0.15, -0.1) is 0 Å². The number of nitrogens with one attached hydrogen (secondary N) is 3. The van der Waals surface area contributed by atoms with Crippen molar-refractivity contribution in [3.63, 3.8) is 0 Å². The van der Waals surface area contributed by atoms with Crippen LogP contribution in [0, 0.1) is 13.8 Å². The molecule has 0 fully saturated rings. The minimum Gasteiger partial charge on any atom is -0.478 e. The second-order valence-electron chi connectivity index (χ2n) is 6.12. The summed E-state index contributed by atoms with van der Waals surface area (Å²) in [6, 6.07) is 6.74. The molecule has 2 aromatic rings. The molecule has 2 rings (SSSR count). The quantitative estimate of drug-likeness (QED) is 0.570. The predicted octanol–water partition coefficient (Wildman–Crippen LogP) is 3.39. The van der Waals surface area contributed by atoms with E-state index in [1.807, 2.05) is 26.0 Å². The van der Waals surface area contributed by atoms with Crippen molar-refractivity contribution in [1.82, 2.24) is 10.6 Å². The van der Waals surface area contributed by atoms with Gasteiger partial charge in [-0.25, -0.2) is 9.59 Å². The molecule has 0 aliphatic heterocycles. The van der Waals surface area contributed by atoms with E-state index in [2.05, 4.69) is 16.0 Å². The van der Waals surface area contributed by atoms with Crippen LogP contribution < -0.4 is 16.0 Å². The zero-order valence-corrected chi connectivity index (χ0v) is 16.9. The summed E-state index contributed by atoms with van der Waals surface area (Å²) in [5.41, 5.74) is 1.74. The fraction of sp³-hybridized carbons (Fsp3) is 0.158. The lowest BCUT2D eigenvalue weighted by Gasteiger charge is -2.11. The molecule has 4 amide bonds. The largest absolute Gasteiger partial charge is 0.478 e. The lowest BCUT2D eigenvalue weighted by Crippen LogP contribution is -2.42. The number of amides is 4. The summed E-state index contributed by atoms with van der Waals surface area (Å²) in [5, 5.41) is 16.0. The number of hydrogen-bond acceptors (Lipinski definition) is 4. The SMILES string of the molecule is Cc1ccc(NC(=O)NC(=O)CNC(=O)c2cc(Cl)c(Cl)cc2C(=O)O)c(C)c1. The molecule has 0 heterocycles. The third kappa shape index (κ3) is 5.94. The van der Waals surface area contributed by atoms with Gasteiger partial charge in [0.1, 0.15) is 0 Å². The number of urea groups is 1. The number of aryl methyl sites for hydroxylation is 2. The molecule has 152 valence electrons. The van der Waals surface area contributed by atoms with Crippen molar-refractivity contribution in [1.29, 1.82) is 0 Å². The lowest BCUT2D eigenvalue weighted by molar-refractivity contribution is -0.119. The summed E-state index contributed by atoms with van der Waals surface area (Å²) in [5.74, 6) is -3.03. The number of carbonyl (C=O) groups excluding carboxylic acids is 3. The van der Waals surface area contributed by atoms with Crippen molar-refractivity contribution in [2.24, 2.45) is 0 Å². The maximum atomic E-state index is 12.2. The summed E-state index contributed by atoms with van der Waals surface area (Å²) in [6.45, 7) is 3.16. The van der Waals surface area contributed by atoms with Crippen LogP contribution in [0.15, 0.2) is 30.3 Å². The Morgan fingerprint density at radius 3 is 2.17 bits per heavy atom. The molecular formula is C19H17Cl2N3O5. The third-order valence-corrected chi connectivity index (χ3v) is 4.55. The van der Waals surface area contributed by atoms with Crippen molar-refractivity contribution in [2.75, 3.05) is 11.9 Å². The van der Waals surface area contributed by atoms with Crippen molar-refractivity contribution >= 4 is 52.7 Å². The minimum atomic E-state index is -1.38. The maximum absolute atomic E-state index is 12.2. The first-order valence-corrected chi connectivity index (χ1v) is 9.02. The number of carbonyl (C=O) groups is 4. The van der Waals surface area contributed by atoms with Gasteiger partial charge < -0.3 is 15.7 Å². The van der Waals surface area contributed by atoms with Crippen LogP contribution in [0.3, 0.4) is 0 Å². The Balaban J connectivity index is 1.97. The summed E-state index contributed by atoms with van der Waals surface area (Å²) in [4.78, 5) is 47.4. The summed E-state index contributed by atoms with van der Waals surface area (Å²) < 4.78 is 0. The normalized spacial score (nSPS) is 10.2. The Morgan fingerprint density at radius 2 is 1.59 bits per heavy atom. The molecule has 0 aliphatic rings. The molecule has 10 heteroatoms. The van der Waals surface area contributed by atoms with E-state index in [4.69, 9.17) is 23.2 Å². The molecule has 2 aromatic carbocycles. The number of hydrogen-bond donors (Lipinski definition) is 4. The van der Waals surface area contributed by atoms with E-state index in [1.165, 1.54) is 0 Å². The van der Waals surface area contributed by atoms with Gasteiger partial charge in [0.2, 0.25) is 5.91 Å². The van der Waals surface area contributed by atoms with E-state index in [0.717, 1.165) is 23.3 Å². The Bertz CT molecular complexity index is 1010. The first-order chi connectivity index (χ1) is 13.6. The van der Waals surface area contributed by atoms with Crippen LogP contribution in [-0.2, 0) is 4.79 Å². The van der Waals surface area contributed by atoms with E-state index in [0.29, 0.717) is 5.69 Å². The molecule has 4 N–H and O–H groups in total. The first-order valence-electron chi connectivity index (χ1n) is 8.27. The highest BCUT2D eigenvalue weighted by Crippen LogP contribution is 2.26. The van der Waals surface area contributed by atoms with Crippen molar-refractivity contribution in [2.45, 2.75) is 13.8 Å². The van der Waals surface area contributed by atoms with E-state index in [-0.39, 0.29) is 21.2 Å². The Morgan fingerprint density at radius 1 is 0.966 bits per heavy atom. The Kier molecular flexibility index (Phi) is 7.19. The molecule has 8 nitrogen and oxygen atoms in total. The molecule has 0 spiro atoms. The average Bonchev–Trinajstić information content (AvgIpc) is 2.63. The van der Waals surface area contributed by atoms with E-state index in [1.54, 1.807) is 6.07 Å². The van der Waals surface area contributed by atoms with Crippen LogP contribution in [0.2, 0.25) is 10.0 Å². The summed E-state index contributed by atoms with van der Waals surface area (Å²) in [6.07, 6.45) is 0. The maximum Gasteiger partial charge on any atom is 0.336 e. The Labute approximate surface area is 176 Å². The van der Waals surface area contributed by atoms with Crippen LogP contribution in [-0.4, -0.2) is 35.5 Å². The van der Waals surface area contributed by atoms with Crippen molar-refractivity contribution < 1.29 is 24.3 Å². The van der Waals surface area contributed by atoms with Crippen molar-refractivity contribution in [3.8, 4) is 0 Å². The van der Waals surface area contributed by atoms with Crippen LogP contribution >= 0.6 is 23.2 Å². The predicted molar refractivity (Wildman–Crippen MR) is 109 cm³/mol. The Hall–Kier alpha value is -3.10. The topological polar surface area (TPSA) is 125 Å². The second-order valence-corrected chi connectivity index (χ2v) is 6.93. The lowest BCUT2D eigenvalue weighted by atomic mass is 10.1. The fourth-order valence-electron chi connectivity index (χ4n) is 2.45. The first kappa shape index (κ1) is 22.2. The van der Waals surface area contributed by atoms with Gasteiger partial charge in [-0.05, 0) is 37.6 Å². The second kappa shape index (κ2) is 9.40. The molecule has 0 bridgehead atoms. The molecular weight excluding hydrogens is 421 g/mol. The highest BCUT2D eigenvalue weighted by molar-refractivity contribution is 6.42. The number of imide groups is 1. The molecule has 0 atom stereocenters. The monoisotopic (exact) mass is 437 g/mol.